The SMILES string of the molecule is CC(CNC(=O)C(CC(=O)O)NC(=O)OCC1c2ccccc2-c2ccccc21)c1ncon1. The van der Waals surface area contributed by atoms with Crippen LogP contribution in [0.5, 0.6) is 0 Å². The highest BCUT2D eigenvalue weighted by atomic mass is 16.5. The Morgan fingerprint density at radius 2 is 1.74 bits per heavy atom. The predicted molar refractivity (Wildman–Crippen MR) is 120 cm³/mol. The molecule has 2 aromatic carbocycles. The number of fused-ring (bicyclic) bond motifs is 3. The minimum Gasteiger partial charge on any atom is -0.481 e. The summed E-state index contributed by atoms with van der Waals surface area (Å²) in [6, 6.07) is 14.5. The minimum atomic E-state index is -1.30. The van der Waals surface area contributed by atoms with E-state index in [1.54, 1.807) is 6.92 Å². The second-order valence-corrected chi connectivity index (χ2v) is 8.06. The standard InChI is InChI=1S/C24H24N4O6/c1-14(22-26-13-34-28-22)11-25-23(31)20(10-21(29)30)27-24(32)33-12-19-17-8-4-2-6-15(17)16-7-3-5-9-18(16)19/h2-9,13-14,19-20H,10-12H2,1H3,(H,25,31)(H,27,32)(H,29,30). The number of rotatable bonds is 9. The fourth-order valence-electron chi connectivity index (χ4n) is 4.03. The number of aliphatic carboxylic acids is 1. The first-order valence-corrected chi connectivity index (χ1v) is 10.8. The van der Waals surface area contributed by atoms with Gasteiger partial charge in [0.15, 0.2) is 5.82 Å². The average Bonchev–Trinajstić information content (AvgIpc) is 3.47. The molecule has 2 unspecified atom stereocenters. The molecule has 10 heteroatoms. The first kappa shape index (κ1) is 23.0. The first-order valence-electron chi connectivity index (χ1n) is 10.8. The van der Waals surface area contributed by atoms with Crippen LogP contribution in [0.25, 0.3) is 11.1 Å². The number of ether oxygens (including phenoxy) is 1. The molecule has 3 aromatic rings. The number of amides is 2. The monoisotopic (exact) mass is 464 g/mol. The molecule has 0 saturated carbocycles. The van der Waals surface area contributed by atoms with Crippen molar-refractivity contribution < 1.29 is 28.8 Å². The summed E-state index contributed by atoms with van der Waals surface area (Å²) < 4.78 is 10.1. The number of hydrogen-bond donors (Lipinski definition) is 3. The van der Waals surface area contributed by atoms with Crippen LogP contribution in [0, 0.1) is 0 Å². The van der Waals surface area contributed by atoms with Crippen molar-refractivity contribution in [2.24, 2.45) is 0 Å². The van der Waals surface area contributed by atoms with Gasteiger partial charge in [-0.3, -0.25) is 9.59 Å². The molecular weight excluding hydrogens is 440 g/mol. The summed E-state index contributed by atoms with van der Waals surface area (Å²) >= 11 is 0. The number of nitrogens with one attached hydrogen (secondary N) is 2. The molecular formula is C24H24N4O6. The van der Waals surface area contributed by atoms with E-state index >= 15 is 0 Å². The fourth-order valence-corrected chi connectivity index (χ4v) is 4.03. The average molecular weight is 464 g/mol. The van der Waals surface area contributed by atoms with Crippen molar-refractivity contribution in [3.05, 3.63) is 71.9 Å². The van der Waals surface area contributed by atoms with E-state index < -0.39 is 30.4 Å². The number of carboxylic acids is 1. The molecule has 0 radical (unpaired) electrons. The quantitative estimate of drug-likeness (QED) is 0.438. The van der Waals surface area contributed by atoms with Gasteiger partial charge in [-0.05, 0) is 22.3 Å². The number of carboxylic acid groups (broad SMARTS) is 1. The van der Waals surface area contributed by atoms with Crippen molar-refractivity contribution in [1.82, 2.24) is 20.8 Å². The molecule has 0 bridgehead atoms. The van der Waals surface area contributed by atoms with E-state index in [0.717, 1.165) is 22.3 Å². The lowest BCUT2D eigenvalue weighted by molar-refractivity contribution is -0.139. The van der Waals surface area contributed by atoms with Gasteiger partial charge < -0.3 is 25.0 Å². The number of hydrogen-bond acceptors (Lipinski definition) is 7. The summed E-state index contributed by atoms with van der Waals surface area (Å²) in [7, 11) is 0. The zero-order valence-electron chi connectivity index (χ0n) is 18.4. The van der Waals surface area contributed by atoms with E-state index in [1.807, 2.05) is 48.5 Å². The van der Waals surface area contributed by atoms with Gasteiger partial charge in [0, 0.05) is 18.4 Å². The number of alkyl carbamates (subject to hydrolysis) is 1. The van der Waals surface area contributed by atoms with Gasteiger partial charge in [-0.25, -0.2) is 4.79 Å². The summed E-state index contributed by atoms with van der Waals surface area (Å²) in [6.45, 7) is 1.97. The maximum absolute atomic E-state index is 12.6. The van der Waals surface area contributed by atoms with Crippen LogP contribution >= 0.6 is 0 Å². The zero-order chi connectivity index (χ0) is 24.1. The molecule has 0 fully saturated rings. The van der Waals surface area contributed by atoms with Gasteiger partial charge in [-0.1, -0.05) is 60.6 Å². The van der Waals surface area contributed by atoms with E-state index in [4.69, 9.17) is 4.74 Å². The molecule has 1 aliphatic rings. The van der Waals surface area contributed by atoms with Gasteiger partial charge >= 0.3 is 12.1 Å². The molecule has 176 valence electrons. The third-order valence-electron chi connectivity index (χ3n) is 5.73. The Morgan fingerprint density at radius 1 is 1.09 bits per heavy atom. The van der Waals surface area contributed by atoms with Crippen molar-refractivity contribution in [3.8, 4) is 11.1 Å². The minimum absolute atomic E-state index is 0.0517. The molecule has 2 amide bonds. The lowest BCUT2D eigenvalue weighted by atomic mass is 9.98. The lowest BCUT2D eigenvalue weighted by Crippen LogP contribution is -2.48. The highest BCUT2D eigenvalue weighted by Crippen LogP contribution is 2.44. The van der Waals surface area contributed by atoms with Gasteiger partial charge in [-0.2, -0.15) is 4.98 Å². The van der Waals surface area contributed by atoms with E-state index in [9.17, 15) is 19.5 Å². The number of carbonyl (C=O) groups is 3. The number of benzene rings is 2. The van der Waals surface area contributed by atoms with Crippen LogP contribution in [0.1, 0.15) is 42.1 Å². The first-order chi connectivity index (χ1) is 16.4. The molecule has 3 N–H and O–H groups in total. The Bertz CT molecular complexity index is 1130. The summed E-state index contributed by atoms with van der Waals surface area (Å²) in [6.07, 6.45) is -0.277. The van der Waals surface area contributed by atoms with Crippen molar-refractivity contribution >= 4 is 18.0 Å². The van der Waals surface area contributed by atoms with Crippen LogP contribution in [0.3, 0.4) is 0 Å². The molecule has 4 rings (SSSR count). The molecule has 1 aliphatic carbocycles. The Balaban J connectivity index is 1.37. The Labute approximate surface area is 195 Å². The van der Waals surface area contributed by atoms with Crippen molar-refractivity contribution in [2.75, 3.05) is 13.2 Å². The van der Waals surface area contributed by atoms with E-state index in [-0.39, 0.29) is 25.0 Å². The number of carbonyl (C=O) groups excluding carboxylic acids is 2. The number of nitrogens with zero attached hydrogens (tertiary/aromatic N) is 2. The van der Waals surface area contributed by atoms with Crippen LogP contribution < -0.4 is 10.6 Å². The Hall–Kier alpha value is -4.21. The molecule has 34 heavy (non-hydrogen) atoms. The third kappa shape index (κ3) is 5.06. The largest absolute Gasteiger partial charge is 0.481 e. The third-order valence-corrected chi connectivity index (χ3v) is 5.73. The van der Waals surface area contributed by atoms with Crippen LogP contribution in [0.2, 0.25) is 0 Å². The highest BCUT2D eigenvalue weighted by molar-refractivity contribution is 5.89. The molecule has 0 aliphatic heterocycles. The summed E-state index contributed by atoms with van der Waals surface area (Å²) in [5, 5.41) is 17.9. The summed E-state index contributed by atoms with van der Waals surface area (Å²) in [4.78, 5) is 40.2. The van der Waals surface area contributed by atoms with Gasteiger partial charge in [0.25, 0.3) is 0 Å². The highest BCUT2D eigenvalue weighted by Gasteiger charge is 2.30. The summed E-state index contributed by atoms with van der Waals surface area (Å²) in [5.41, 5.74) is 4.27. The van der Waals surface area contributed by atoms with Crippen molar-refractivity contribution in [2.45, 2.75) is 31.2 Å². The van der Waals surface area contributed by atoms with Gasteiger partial charge in [0.2, 0.25) is 12.3 Å². The van der Waals surface area contributed by atoms with Crippen LogP contribution in [0.4, 0.5) is 4.79 Å². The van der Waals surface area contributed by atoms with Crippen molar-refractivity contribution in [1.29, 1.82) is 0 Å². The zero-order valence-corrected chi connectivity index (χ0v) is 18.4. The van der Waals surface area contributed by atoms with Crippen LogP contribution in [0.15, 0.2) is 59.4 Å². The lowest BCUT2D eigenvalue weighted by Gasteiger charge is -2.19. The maximum atomic E-state index is 12.6. The van der Waals surface area contributed by atoms with E-state index in [1.165, 1.54) is 6.39 Å². The van der Waals surface area contributed by atoms with Crippen LogP contribution in [-0.2, 0) is 14.3 Å². The van der Waals surface area contributed by atoms with Gasteiger partial charge in [-0.15, -0.1) is 0 Å². The van der Waals surface area contributed by atoms with Crippen molar-refractivity contribution in [3.63, 3.8) is 0 Å². The predicted octanol–water partition coefficient (Wildman–Crippen LogP) is 2.67. The second kappa shape index (κ2) is 10.2. The van der Waals surface area contributed by atoms with Gasteiger partial charge in [0.05, 0.1) is 6.42 Å². The maximum Gasteiger partial charge on any atom is 0.407 e. The van der Waals surface area contributed by atoms with E-state index in [0.29, 0.717) is 5.82 Å². The van der Waals surface area contributed by atoms with Gasteiger partial charge in [0.1, 0.15) is 12.6 Å². The Morgan fingerprint density at radius 3 is 2.32 bits per heavy atom. The molecule has 10 nitrogen and oxygen atoms in total. The van der Waals surface area contributed by atoms with E-state index in [2.05, 4.69) is 25.3 Å². The molecule has 0 saturated heterocycles. The Kier molecular flexibility index (Phi) is 6.86. The summed E-state index contributed by atoms with van der Waals surface area (Å²) in [5.74, 6) is -1.89. The molecule has 2 atom stereocenters. The molecule has 0 spiro atoms. The fraction of sp³-hybridized carbons (Fsp3) is 0.292. The molecule has 1 heterocycles. The molecule has 1 aromatic heterocycles. The second-order valence-electron chi connectivity index (χ2n) is 8.06. The normalized spacial score (nSPS) is 13.9. The van der Waals surface area contributed by atoms with Crippen LogP contribution in [-0.4, -0.2) is 52.4 Å². The number of aromatic nitrogens is 2. The smallest absolute Gasteiger partial charge is 0.407 e. The topological polar surface area (TPSA) is 144 Å².